The van der Waals surface area contributed by atoms with Gasteiger partial charge < -0.3 is 20.4 Å². The number of rotatable bonds is 6. The number of piperidine rings is 1. The summed E-state index contributed by atoms with van der Waals surface area (Å²) >= 11 is 0. The van der Waals surface area contributed by atoms with Gasteiger partial charge in [-0.05, 0) is 42.5 Å². The minimum atomic E-state index is -0.970. The minimum absolute atomic E-state index is 0.0440. The Morgan fingerprint density at radius 2 is 1.75 bits per heavy atom. The Kier molecular flexibility index (Phi) is 6.31. The van der Waals surface area contributed by atoms with Crippen LogP contribution < -0.4 is 5.32 Å². The molecular weight excluding hydrogens is 356 g/mol. The number of benzene rings is 2. The Labute approximate surface area is 164 Å². The highest BCUT2D eigenvalue weighted by Crippen LogP contribution is 2.33. The van der Waals surface area contributed by atoms with Gasteiger partial charge in [0.05, 0.1) is 12.2 Å². The molecule has 1 saturated heterocycles. The summed E-state index contributed by atoms with van der Waals surface area (Å²) < 4.78 is 0. The topological polar surface area (TPSA) is 89.9 Å². The zero-order valence-corrected chi connectivity index (χ0v) is 15.8. The second-order valence-corrected chi connectivity index (χ2v) is 7.51. The first-order chi connectivity index (χ1) is 13.5. The molecule has 0 aliphatic carbocycles. The number of hydrogen-bond donors (Lipinski definition) is 3. The molecule has 0 saturated carbocycles. The Morgan fingerprint density at radius 3 is 2.39 bits per heavy atom. The van der Waals surface area contributed by atoms with E-state index in [-0.39, 0.29) is 23.6 Å². The van der Waals surface area contributed by atoms with E-state index in [1.54, 1.807) is 17.0 Å². The molecular formula is C22H26N2O4. The zero-order valence-electron chi connectivity index (χ0n) is 15.8. The number of aliphatic hydroxyl groups excluding tert-OH is 1. The Hall–Kier alpha value is -2.86. The fraction of sp³-hybridized carbons (Fsp3) is 0.364. The first kappa shape index (κ1) is 19.9. The molecule has 0 radical (unpaired) electrons. The minimum Gasteiger partial charge on any atom is -0.478 e. The normalized spacial score (nSPS) is 19.2. The number of carbonyl (C=O) groups is 2. The van der Waals surface area contributed by atoms with Gasteiger partial charge in [0.25, 0.3) is 0 Å². The fourth-order valence-corrected chi connectivity index (χ4v) is 3.79. The van der Waals surface area contributed by atoms with E-state index in [9.17, 15) is 14.7 Å². The number of carbonyl (C=O) groups excluding carboxylic acids is 1. The number of amides is 2. The van der Waals surface area contributed by atoms with Crippen LogP contribution in [0.1, 0.15) is 34.3 Å². The zero-order chi connectivity index (χ0) is 20.0. The molecule has 1 aliphatic heterocycles. The van der Waals surface area contributed by atoms with Crippen molar-refractivity contribution in [2.45, 2.75) is 25.8 Å². The van der Waals surface area contributed by atoms with Gasteiger partial charge in [0.2, 0.25) is 0 Å². The van der Waals surface area contributed by atoms with Gasteiger partial charge in [-0.3, -0.25) is 0 Å². The smallest absolute Gasteiger partial charge is 0.335 e. The Balaban J connectivity index is 1.59. The van der Waals surface area contributed by atoms with E-state index in [0.29, 0.717) is 19.6 Å². The molecule has 1 aliphatic rings. The molecule has 28 heavy (non-hydrogen) atoms. The molecule has 1 heterocycles. The number of aliphatic hydroxyl groups is 1. The highest BCUT2D eigenvalue weighted by atomic mass is 16.4. The molecule has 1 atom stereocenters. The largest absolute Gasteiger partial charge is 0.478 e. The SMILES string of the molecule is O=C(O)c1ccc(CNC(=O)N2CCCC(CO)(Cc3ccccc3)C2)cc1. The van der Waals surface area contributed by atoms with Gasteiger partial charge in [-0.2, -0.15) is 0 Å². The maximum Gasteiger partial charge on any atom is 0.335 e. The summed E-state index contributed by atoms with van der Waals surface area (Å²) in [7, 11) is 0. The first-order valence-corrected chi connectivity index (χ1v) is 9.51. The molecule has 1 unspecified atom stereocenters. The van der Waals surface area contributed by atoms with Crippen LogP contribution in [0.2, 0.25) is 0 Å². The molecule has 3 rings (SSSR count). The third kappa shape index (κ3) is 4.89. The van der Waals surface area contributed by atoms with Crippen molar-refractivity contribution >= 4 is 12.0 Å². The number of nitrogens with zero attached hydrogens (tertiary/aromatic N) is 1. The molecule has 0 spiro atoms. The van der Waals surface area contributed by atoms with E-state index in [2.05, 4.69) is 17.4 Å². The van der Waals surface area contributed by atoms with Gasteiger partial charge in [-0.15, -0.1) is 0 Å². The van der Waals surface area contributed by atoms with Crippen LogP contribution >= 0.6 is 0 Å². The lowest BCUT2D eigenvalue weighted by atomic mass is 9.76. The summed E-state index contributed by atoms with van der Waals surface area (Å²) in [5.41, 5.74) is 1.91. The van der Waals surface area contributed by atoms with Gasteiger partial charge in [-0.25, -0.2) is 9.59 Å². The van der Waals surface area contributed by atoms with Crippen LogP contribution in [0.5, 0.6) is 0 Å². The van der Waals surface area contributed by atoms with Crippen molar-refractivity contribution in [3.63, 3.8) is 0 Å². The summed E-state index contributed by atoms with van der Waals surface area (Å²) in [6.45, 7) is 1.56. The second kappa shape index (κ2) is 8.89. The van der Waals surface area contributed by atoms with Crippen LogP contribution in [0.15, 0.2) is 54.6 Å². The lowest BCUT2D eigenvalue weighted by Crippen LogP contribution is -2.51. The summed E-state index contributed by atoms with van der Waals surface area (Å²) in [6, 6.07) is 16.4. The second-order valence-electron chi connectivity index (χ2n) is 7.51. The summed E-state index contributed by atoms with van der Waals surface area (Å²) in [4.78, 5) is 25.3. The van der Waals surface area contributed by atoms with Crippen LogP contribution in [0.4, 0.5) is 4.79 Å². The Bertz CT molecular complexity index is 807. The lowest BCUT2D eigenvalue weighted by molar-refractivity contribution is 0.0471. The van der Waals surface area contributed by atoms with Crippen molar-refractivity contribution in [2.24, 2.45) is 5.41 Å². The number of aromatic carboxylic acids is 1. The molecule has 3 N–H and O–H groups in total. The van der Waals surface area contributed by atoms with Crippen molar-refractivity contribution in [3.8, 4) is 0 Å². The summed E-state index contributed by atoms with van der Waals surface area (Å²) in [5.74, 6) is -0.970. The van der Waals surface area contributed by atoms with Gasteiger partial charge in [-0.1, -0.05) is 42.5 Å². The highest BCUT2D eigenvalue weighted by molar-refractivity contribution is 5.87. The molecule has 2 aromatic carbocycles. The molecule has 2 aromatic rings. The van der Waals surface area contributed by atoms with Gasteiger partial charge >= 0.3 is 12.0 Å². The fourth-order valence-electron chi connectivity index (χ4n) is 3.79. The average molecular weight is 382 g/mol. The van der Waals surface area contributed by atoms with Gasteiger partial charge in [0.1, 0.15) is 0 Å². The van der Waals surface area contributed by atoms with Crippen LogP contribution in [0, 0.1) is 5.41 Å². The summed E-state index contributed by atoms with van der Waals surface area (Å²) in [6.07, 6.45) is 2.48. The predicted molar refractivity (Wildman–Crippen MR) is 106 cm³/mol. The lowest BCUT2D eigenvalue weighted by Gasteiger charge is -2.42. The van der Waals surface area contributed by atoms with E-state index >= 15 is 0 Å². The summed E-state index contributed by atoms with van der Waals surface area (Å²) in [5, 5.41) is 21.9. The van der Waals surface area contributed by atoms with Crippen molar-refractivity contribution in [1.82, 2.24) is 10.2 Å². The maximum atomic E-state index is 12.6. The predicted octanol–water partition coefficient (Wildman–Crippen LogP) is 2.91. The number of carboxylic acid groups (broad SMARTS) is 1. The first-order valence-electron chi connectivity index (χ1n) is 9.51. The standard InChI is InChI=1S/C22H26N2O4/c25-16-22(13-17-5-2-1-3-6-17)11-4-12-24(15-22)21(28)23-14-18-7-9-19(10-8-18)20(26)27/h1-3,5-10,25H,4,11-16H2,(H,23,28)(H,26,27). The maximum absolute atomic E-state index is 12.6. The monoisotopic (exact) mass is 382 g/mol. The third-order valence-corrected chi connectivity index (χ3v) is 5.35. The molecule has 6 heteroatoms. The van der Waals surface area contributed by atoms with Crippen LogP contribution in [0.3, 0.4) is 0 Å². The molecule has 0 bridgehead atoms. The third-order valence-electron chi connectivity index (χ3n) is 5.35. The average Bonchev–Trinajstić information content (AvgIpc) is 2.73. The Morgan fingerprint density at radius 1 is 1.04 bits per heavy atom. The van der Waals surface area contributed by atoms with E-state index < -0.39 is 5.97 Å². The number of hydrogen-bond acceptors (Lipinski definition) is 3. The number of nitrogens with one attached hydrogen (secondary N) is 1. The highest BCUT2D eigenvalue weighted by Gasteiger charge is 2.36. The number of carboxylic acids is 1. The van der Waals surface area contributed by atoms with Crippen molar-refractivity contribution in [3.05, 3.63) is 71.3 Å². The van der Waals surface area contributed by atoms with Crippen LogP contribution in [0.25, 0.3) is 0 Å². The number of likely N-dealkylation sites (tertiary alicyclic amines) is 1. The van der Waals surface area contributed by atoms with E-state index in [1.165, 1.54) is 12.1 Å². The van der Waals surface area contributed by atoms with Crippen LogP contribution in [-0.2, 0) is 13.0 Å². The molecule has 148 valence electrons. The quantitative estimate of drug-likeness (QED) is 0.717. The van der Waals surface area contributed by atoms with Gasteiger partial charge in [0, 0.05) is 25.0 Å². The van der Waals surface area contributed by atoms with Gasteiger partial charge in [0.15, 0.2) is 0 Å². The van der Waals surface area contributed by atoms with Crippen LogP contribution in [-0.4, -0.2) is 46.8 Å². The molecule has 0 aromatic heterocycles. The van der Waals surface area contributed by atoms with Crippen molar-refractivity contribution in [1.29, 1.82) is 0 Å². The number of urea groups is 1. The van der Waals surface area contributed by atoms with E-state index in [4.69, 9.17) is 5.11 Å². The van der Waals surface area contributed by atoms with Crippen molar-refractivity contribution in [2.75, 3.05) is 19.7 Å². The molecule has 1 fully saturated rings. The molecule has 2 amide bonds. The molecule has 6 nitrogen and oxygen atoms in total. The van der Waals surface area contributed by atoms with Crippen molar-refractivity contribution < 1.29 is 19.8 Å². The van der Waals surface area contributed by atoms with E-state index in [0.717, 1.165) is 30.4 Å². The van der Waals surface area contributed by atoms with E-state index in [1.807, 2.05) is 18.2 Å².